The molecule has 4 nitrogen and oxygen atoms in total. The number of nitrogens with zero attached hydrogens (tertiary/aromatic N) is 2. The Morgan fingerprint density at radius 2 is 1.72 bits per heavy atom. The second-order valence-corrected chi connectivity index (χ2v) is 9.07. The highest BCUT2D eigenvalue weighted by atomic mass is 32.1. The summed E-state index contributed by atoms with van der Waals surface area (Å²) in [5, 5.41) is 0.743. The highest BCUT2D eigenvalue weighted by Gasteiger charge is 2.22. The molecule has 5 heteroatoms. The molecule has 4 aromatic rings. The van der Waals surface area contributed by atoms with Gasteiger partial charge >= 0.3 is 0 Å². The van der Waals surface area contributed by atoms with Crippen molar-refractivity contribution in [3.8, 4) is 5.75 Å². The Labute approximate surface area is 193 Å². The lowest BCUT2D eigenvalue weighted by Crippen LogP contribution is -2.31. The molecule has 4 rings (SSSR count). The molecule has 0 saturated carbocycles. The molecule has 1 aromatic heterocycles. The first-order chi connectivity index (χ1) is 15.5. The topological polar surface area (TPSA) is 42.4 Å². The minimum Gasteiger partial charge on any atom is -0.494 e. The van der Waals surface area contributed by atoms with Gasteiger partial charge in [0.15, 0.2) is 5.13 Å². The lowest BCUT2D eigenvalue weighted by Gasteiger charge is -2.20. The molecule has 0 aliphatic rings. The van der Waals surface area contributed by atoms with Crippen LogP contribution in [-0.2, 0) is 17.8 Å². The normalized spacial score (nSPS) is 11.1. The average Bonchev–Trinajstić information content (AvgIpc) is 3.23. The number of thiazole rings is 1. The van der Waals surface area contributed by atoms with Gasteiger partial charge in [-0.05, 0) is 47.7 Å². The predicted octanol–water partition coefficient (Wildman–Crippen LogP) is 6.59. The van der Waals surface area contributed by atoms with Crippen LogP contribution in [-0.4, -0.2) is 17.5 Å². The molecule has 0 bridgehead atoms. The number of carbonyl (C=O) groups is 1. The van der Waals surface area contributed by atoms with Crippen molar-refractivity contribution < 1.29 is 9.53 Å². The maximum Gasteiger partial charge on any atom is 0.233 e. The zero-order chi connectivity index (χ0) is 22.5. The summed E-state index contributed by atoms with van der Waals surface area (Å²) in [6.45, 7) is 7.42. The quantitative estimate of drug-likeness (QED) is 0.308. The lowest BCUT2D eigenvalue weighted by molar-refractivity contribution is -0.118. The summed E-state index contributed by atoms with van der Waals surface area (Å²) in [6, 6.07) is 24.1. The minimum atomic E-state index is 0.0307. The number of fused-ring (bicyclic) bond motifs is 1. The highest BCUT2D eigenvalue weighted by molar-refractivity contribution is 7.22. The smallest absolute Gasteiger partial charge is 0.233 e. The van der Waals surface area contributed by atoms with E-state index in [-0.39, 0.29) is 5.91 Å². The van der Waals surface area contributed by atoms with E-state index in [2.05, 4.69) is 32.0 Å². The van der Waals surface area contributed by atoms with E-state index in [1.54, 1.807) is 11.3 Å². The van der Waals surface area contributed by atoms with Crippen LogP contribution in [0.25, 0.3) is 10.2 Å². The molecule has 3 aromatic carbocycles. The Balaban J connectivity index is 1.66. The number of aromatic nitrogens is 1. The Hall–Kier alpha value is -3.18. The number of rotatable bonds is 8. The first-order valence-electron chi connectivity index (χ1n) is 11.0. The Kier molecular flexibility index (Phi) is 6.86. The average molecular weight is 445 g/mol. The van der Waals surface area contributed by atoms with Crippen molar-refractivity contribution in [2.45, 2.75) is 39.7 Å². The van der Waals surface area contributed by atoms with Crippen molar-refractivity contribution in [3.05, 3.63) is 89.5 Å². The molecule has 0 atom stereocenters. The van der Waals surface area contributed by atoms with E-state index in [1.807, 2.05) is 66.4 Å². The first kappa shape index (κ1) is 22.0. The fourth-order valence-electron chi connectivity index (χ4n) is 3.71. The molecule has 0 aliphatic carbocycles. The molecule has 32 heavy (non-hydrogen) atoms. The van der Waals surface area contributed by atoms with E-state index in [0.717, 1.165) is 32.2 Å². The Morgan fingerprint density at radius 3 is 2.41 bits per heavy atom. The van der Waals surface area contributed by atoms with Gasteiger partial charge in [-0.2, -0.15) is 0 Å². The first-order valence-corrected chi connectivity index (χ1v) is 11.8. The molecule has 164 valence electrons. The molecule has 0 unspecified atom stereocenters. The standard InChI is InChI=1S/C27H28N2O2S/c1-4-31-22-15-13-20(14-16-22)17-25(30)29(18-21-9-6-5-7-10-21)27-28-26-23(19(2)3)11-8-12-24(26)32-27/h5-16,19H,4,17-18H2,1-3H3. The van der Waals surface area contributed by atoms with Crippen molar-refractivity contribution in [3.63, 3.8) is 0 Å². The van der Waals surface area contributed by atoms with Crippen LogP contribution >= 0.6 is 11.3 Å². The number of hydrogen-bond acceptors (Lipinski definition) is 4. The van der Waals surface area contributed by atoms with E-state index in [1.165, 1.54) is 5.56 Å². The molecule has 0 radical (unpaired) electrons. The van der Waals surface area contributed by atoms with Crippen LogP contribution in [0, 0.1) is 0 Å². The molecule has 0 fully saturated rings. The fourth-order valence-corrected chi connectivity index (χ4v) is 4.73. The summed E-state index contributed by atoms with van der Waals surface area (Å²) in [4.78, 5) is 20.2. The van der Waals surface area contributed by atoms with E-state index in [0.29, 0.717) is 25.5 Å². The number of anilines is 1. The maximum absolute atomic E-state index is 13.5. The highest BCUT2D eigenvalue weighted by Crippen LogP contribution is 2.34. The van der Waals surface area contributed by atoms with E-state index in [4.69, 9.17) is 9.72 Å². The molecule has 1 heterocycles. The van der Waals surface area contributed by atoms with Gasteiger partial charge in [0.2, 0.25) is 5.91 Å². The summed E-state index contributed by atoms with van der Waals surface area (Å²) >= 11 is 1.58. The molecule has 0 spiro atoms. The van der Waals surface area contributed by atoms with Crippen LogP contribution in [0.2, 0.25) is 0 Å². The van der Waals surface area contributed by atoms with Gasteiger partial charge in [-0.3, -0.25) is 9.69 Å². The minimum absolute atomic E-state index is 0.0307. The largest absolute Gasteiger partial charge is 0.494 e. The van der Waals surface area contributed by atoms with Crippen LogP contribution in [0.15, 0.2) is 72.8 Å². The number of benzene rings is 3. The monoisotopic (exact) mass is 444 g/mol. The zero-order valence-electron chi connectivity index (χ0n) is 18.7. The van der Waals surface area contributed by atoms with Gasteiger partial charge < -0.3 is 4.74 Å². The van der Waals surface area contributed by atoms with Gasteiger partial charge in [0.05, 0.1) is 29.8 Å². The molecular formula is C27H28N2O2S. The lowest BCUT2D eigenvalue weighted by atomic mass is 10.0. The fraction of sp³-hybridized carbons (Fsp3) is 0.259. The summed E-state index contributed by atoms with van der Waals surface area (Å²) in [5.41, 5.74) is 4.24. The Morgan fingerprint density at radius 1 is 0.969 bits per heavy atom. The molecule has 0 saturated heterocycles. The number of para-hydroxylation sites is 1. The molecule has 0 aliphatic heterocycles. The van der Waals surface area contributed by atoms with Gasteiger partial charge in [0.25, 0.3) is 0 Å². The van der Waals surface area contributed by atoms with Crippen molar-refractivity contribution in [1.29, 1.82) is 0 Å². The number of carbonyl (C=O) groups excluding carboxylic acids is 1. The zero-order valence-corrected chi connectivity index (χ0v) is 19.6. The second-order valence-electron chi connectivity index (χ2n) is 8.06. The summed E-state index contributed by atoms with van der Waals surface area (Å²) in [6.07, 6.45) is 0.312. The van der Waals surface area contributed by atoms with E-state index in [9.17, 15) is 4.79 Å². The van der Waals surface area contributed by atoms with Crippen LogP contribution in [0.5, 0.6) is 5.75 Å². The SMILES string of the molecule is CCOc1ccc(CC(=O)N(Cc2ccccc2)c2nc3c(C(C)C)cccc3s2)cc1. The van der Waals surface area contributed by atoms with Gasteiger partial charge in [-0.1, -0.05) is 79.8 Å². The Bertz CT molecular complexity index is 1180. The van der Waals surface area contributed by atoms with Crippen molar-refractivity contribution in [2.24, 2.45) is 0 Å². The van der Waals surface area contributed by atoms with E-state index >= 15 is 0 Å². The number of hydrogen-bond donors (Lipinski definition) is 0. The van der Waals surface area contributed by atoms with Gasteiger partial charge in [0.1, 0.15) is 5.75 Å². The second kappa shape index (κ2) is 9.96. The van der Waals surface area contributed by atoms with Crippen LogP contribution in [0.1, 0.15) is 43.4 Å². The number of amides is 1. The molecule has 0 N–H and O–H groups in total. The van der Waals surface area contributed by atoms with Gasteiger partial charge in [0, 0.05) is 0 Å². The summed E-state index contributed by atoms with van der Waals surface area (Å²) in [7, 11) is 0. The van der Waals surface area contributed by atoms with Crippen molar-refractivity contribution in [2.75, 3.05) is 11.5 Å². The van der Waals surface area contributed by atoms with Gasteiger partial charge in [-0.15, -0.1) is 0 Å². The third-order valence-electron chi connectivity index (χ3n) is 5.37. The van der Waals surface area contributed by atoms with Crippen LogP contribution in [0.4, 0.5) is 5.13 Å². The summed E-state index contributed by atoms with van der Waals surface area (Å²) < 4.78 is 6.63. The van der Waals surface area contributed by atoms with Gasteiger partial charge in [-0.25, -0.2) is 4.98 Å². The summed E-state index contributed by atoms with van der Waals surface area (Å²) in [5.74, 6) is 1.22. The maximum atomic E-state index is 13.5. The van der Waals surface area contributed by atoms with Crippen molar-refractivity contribution in [1.82, 2.24) is 4.98 Å². The molecule has 1 amide bonds. The van der Waals surface area contributed by atoms with E-state index < -0.39 is 0 Å². The van der Waals surface area contributed by atoms with Crippen molar-refractivity contribution >= 4 is 32.6 Å². The van der Waals surface area contributed by atoms with Crippen LogP contribution in [0.3, 0.4) is 0 Å². The molecular weight excluding hydrogens is 416 g/mol. The third kappa shape index (κ3) is 5.00. The third-order valence-corrected chi connectivity index (χ3v) is 6.41. The predicted molar refractivity (Wildman–Crippen MR) is 133 cm³/mol. The number of ether oxygens (including phenoxy) is 1. The van der Waals surface area contributed by atoms with Crippen LogP contribution < -0.4 is 9.64 Å².